The molecule has 2 aliphatic heterocycles. The molecule has 1 N–H and O–H groups in total. The van der Waals surface area contributed by atoms with E-state index in [1.807, 2.05) is 16.3 Å². The highest BCUT2D eigenvalue weighted by molar-refractivity contribution is 14.1. The van der Waals surface area contributed by atoms with Crippen molar-refractivity contribution in [3.8, 4) is 0 Å². The second kappa shape index (κ2) is 4.85. The second-order valence-corrected chi connectivity index (χ2v) is 7.62. The van der Waals surface area contributed by atoms with Gasteiger partial charge >= 0.3 is 0 Å². The number of carbonyl (C=O) groups is 1. The number of fused-ring (bicyclic) bond motifs is 1. The minimum atomic E-state index is 0.209. The van der Waals surface area contributed by atoms with E-state index in [1.54, 1.807) is 11.3 Å². The number of carbonyl (C=O) groups excluding carboxylic acids is 1. The smallest absolute Gasteiger partial charge is 0.254 e. The van der Waals surface area contributed by atoms with Crippen LogP contribution >= 0.6 is 33.9 Å². The summed E-state index contributed by atoms with van der Waals surface area (Å²) >= 11 is 3.91. The Morgan fingerprint density at radius 3 is 3.12 bits per heavy atom. The molecule has 0 spiro atoms. The van der Waals surface area contributed by atoms with Crippen molar-refractivity contribution < 1.29 is 4.79 Å². The number of piperidine rings is 1. The number of likely N-dealkylation sites (tertiary alicyclic amines) is 1. The van der Waals surface area contributed by atoms with Crippen LogP contribution in [0.25, 0.3) is 0 Å². The van der Waals surface area contributed by atoms with Gasteiger partial charge in [0.05, 0.1) is 8.45 Å². The molecule has 2 atom stereocenters. The third-order valence-corrected chi connectivity index (χ3v) is 5.49. The lowest BCUT2D eigenvalue weighted by Crippen LogP contribution is -2.41. The maximum absolute atomic E-state index is 12.3. The standard InChI is InChI=1S/C12H15IN2OS/c13-11-4-9(7-17-11)12(16)15-5-8-2-1-3-14-10(8)6-15/h4,7-8,10,14H,1-3,5-6H2. The molecule has 2 aliphatic rings. The van der Waals surface area contributed by atoms with Gasteiger partial charge in [0.2, 0.25) is 0 Å². The molecule has 1 aromatic heterocycles. The van der Waals surface area contributed by atoms with Gasteiger partial charge in [-0.25, -0.2) is 0 Å². The normalized spacial score (nSPS) is 28.2. The number of hydrogen-bond donors (Lipinski definition) is 1. The first kappa shape index (κ1) is 11.9. The highest BCUT2D eigenvalue weighted by Crippen LogP contribution is 2.27. The van der Waals surface area contributed by atoms with Gasteiger partial charge in [-0.1, -0.05) is 0 Å². The number of nitrogens with zero attached hydrogens (tertiary/aromatic N) is 1. The first-order valence-electron chi connectivity index (χ1n) is 6.01. The Labute approximate surface area is 119 Å². The van der Waals surface area contributed by atoms with Crippen molar-refractivity contribution in [2.45, 2.75) is 18.9 Å². The summed E-state index contributed by atoms with van der Waals surface area (Å²) in [5.41, 5.74) is 0.859. The number of thiophene rings is 1. The quantitative estimate of drug-likeness (QED) is 0.777. The molecule has 1 amide bonds. The van der Waals surface area contributed by atoms with Gasteiger partial charge in [-0.3, -0.25) is 4.79 Å². The maximum Gasteiger partial charge on any atom is 0.254 e. The molecule has 0 radical (unpaired) electrons. The molecule has 1 aromatic rings. The Morgan fingerprint density at radius 2 is 2.41 bits per heavy atom. The molecule has 0 aliphatic carbocycles. The van der Waals surface area contributed by atoms with Crippen LogP contribution in [0.2, 0.25) is 0 Å². The second-order valence-electron chi connectivity index (χ2n) is 4.81. The molecule has 0 saturated carbocycles. The van der Waals surface area contributed by atoms with Crippen LogP contribution in [0.3, 0.4) is 0 Å². The van der Waals surface area contributed by atoms with Gasteiger partial charge in [-0.15, -0.1) is 11.3 Å². The Kier molecular flexibility index (Phi) is 3.40. The Balaban J connectivity index is 1.71. The molecule has 2 saturated heterocycles. The predicted molar refractivity (Wildman–Crippen MR) is 77.5 cm³/mol. The molecule has 3 nitrogen and oxygen atoms in total. The summed E-state index contributed by atoms with van der Waals surface area (Å²) < 4.78 is 1.18. The highest BCUT2D eigenvalue weighted by atomic mass is 127. The van der Waals surface area contributed by atoms with Crippen molar-refractivity contribution >= 4 is 39.8 Å². The van der Waals surface area contributed by atoms with E-state index in [2.05, 4.69) is 27.9 Å². The molecule has 17 heavy (non-hydrogen) atoms. The number of nitrogens with one attached hydrogen (secondary N) is 1. The van der Waals surface area contributed by atoms with Crippen molar-refractivity contribution in [2.75, 3.05) is 19.6 Å². The summed E-state index contributed by atoms with van der Waals surface area (Å²) in [6.07, 6.45) is 2.52. The molecule has 3 rings (SSSR count). The third kappa shape index (κ3) is 2.37. The van der Waals surface area contributed by atoms with E-state index in [9.17, 15) is 4.79 Å². The predicted octanol–water partition coefficient (Wildman–Crippen LogP) is 2.18. The minimum absolute atomic E-state index is 0.209. The molecule has 2 fully saturated rings. The molecule has 92 valence electrons. The number of hydrogen-bond acceptors (Lipinski definition) is 3. The van der Waals surface area contributed by atoms with Gasteiger partial charge in [-0.2, -0.15) is 0 Å². The monoisotopic (exact) mass is 362 g/mol. The fourth-order valence-electron chi connectivity index (χ4n) is 2.82. The lowest BCUT2D eigenvalue weighted by molar-refractivity contribution is 0.0786. The van der Waals surface area contributed by atoms with Crippen molar-refractivity contribution in [2.24, 2.45) is 5.92 Å². The van der Waals surface area contributed by atoms with Crippen LogP contribution in [0.5, 0.6) is 0 Å². The summed E-state index contributed by atoms with van der Waals surface area (Å²) in [6.45, 7) is 2.93. The fourth-order valence-corrected chi connectivity index (χ4v) is 4.14. The van der Waals surface area contributed by atoms with E-state index in [-0.39, 0.29) is 5.91 Å². The number of amides is 1. The van der Waals surface area contributed by atoms with Crippen LogP contribution in [-0.4, -0.2) is 36.5 Å². The van der Waals surface area contributed by atoms with Crippen molar-refractivity contribution in [3.05, 3.63) is 19.9 Å². The Morgan fingerprint density at radius 1 is 1.53 bits per heavy atom. The molecular weight excluding hydrogens is 347 g/mol. The van der Waals surface area contributed by atoms with E-state index in [4.69, 9.17) is 0 Å². The fraction of sp³-hybridized carbons (Fsp3) is 0.583. The molecule has 2 unspecified atom stereocenters. The van der Waals surface area contributed by atoms with Gasteiger partial charge < -0.3 is 10.2 Å². The van der Waals surface area contributed by atoms with E-state index < -0.39 is 0 Å². The lowest BCUT2D eigenvalue weighted by Gasteiger charge is -2.24. The topological polar surface area (TPSA) is 32.3 Å². The van der Waals surface area contributed by atoms with Gasteiger partial charge in [0.15, 0.2) is 0 Å². The molecular formula is C12H15IN2OS. The minimum Gasteiger partial charge on any atom is -0.337 e. The molecule has 5 heteroatoms. The Hall–Kier alpha value is -0.140. The zero-order valence-electron chi connectivity index (χ0n) is 9.49. The zero-order valence-corrected chi connectivity index (χ0v) is 12.5. The Bertz CT molecular complexity index is 420. The molecule has 0 bridgehead atoms. The van der Waals surface area contributed by atoms with Gasteiger partial charge in [-0.05, 0) is 54.0 Å². The summed E-state index contributed by atoms with van der Waals surface area (Å²) in [5.74, 6) is 0.880. The molecule has 0 aromatic carbocycles. The summed E-state index contributed by atoms with van der Waals surface area (Å²) in [4.78, 5) is 14.3. The summed E-state index contributed by atoms with van der Waals surface area (Å²) in [5, 5.41) is 5.50. The van der Waals surface area contributed by atoms with Crippen molar-refractivity contribution in [1.82, 2.24) is 10.2 Å². The van der Waals surface area contributed by atoms with E-state index in [0.717, 1.165) is 25.2 Å². The lowest BCUT2D eigenvalue weighted by atomic mass is 9.94. The number of rotatable bonds is 1. The van der Waals surface area contributed by atoms with Gasteiger partial charge in [0.25, 0.3) is 5.91 Å². The van der Waals surface area contributed by atoms with E-state index in [1.165, 1.54) is 15.7 Å². The van der Waals surface area contributed by atoms with E-state index in [0.29, 0.717) is 12.0 Å². The van der Waals surface area contributed by atoms with Crippen LogP contribution in [-0.2, 0) is 0 Å². The average Bonchev–Trinajstić information content (AvgIpc) is 2.93. The summed E-state index contributed by atoms with van der Waals surface area (Å²) in [6, 6.07) is 2.52. The third-order valence-electron chi connectivity index (χ3n) is 3.70. The van der Waals surface area contributed by atoms with Crippen LogP contribution in [0.15, 0.2) is 11.4 Å². The molecule has 3 heterocycles. The van der Waals surface area contributed by atoms with E-state index >= 15 is 0 Å². The van der Waals surface area contributed by atoms with Crippen LogP contribution in [0.4, 0.5) is 0 Å². The number of halogens is 1. The largest absolute Gasteiger partial charge is 0.337 e. The van der Waals surface area contributed by atoms with Crippen LogP contribution < -0.4 is 5.32 Å². The zero-order chi connectivity index (χ0) is 11.8. The van der Waals surface area contributed by atoms with Crippen molar-refractivity contribution in [1.29, 1.82) is 0 Å². The average molecular weight is 362 g/mol. The highest BCUT2D eigenvalue weighted by Gasteiger charge is 2.36. The van der Waals surface area contributed by atoms with Gasteiger partial charge in [0.1, 0.15) is 0 Å². The van der Waals surface area contributed by atoms with Crippen LogP contribution in [0, 0.1) is 8.80 Å². The van der Waals surface area contributed by atoms with Crippen molar-refractivity contribution in [3.63, 3.8) is 0 Å². The first-order chi connectivity index (χ1) is 8.24. The first-order valence-corrected chi connectivity index (χ1v) is 7.96. The SMILES string of the molecule is O=C(c1csc(I)c1)N1CC2CCCNC2C1. The van der Waals surface area contributed by atoms with Gasteiger partial charge in [0, 0.05) is 24.5 Å². The van der Waals surface area contributed by atoms with Crippen LogP contribution in [0.1, 0.15) is 23.2 Å². The summed E-state index contributed by atoms with van der Waals surface area (Å²) in [7, 11) is 0. The maximum atomic E-state index is 12.3.